The lowest BCUT2D eigenvalue weighted by Crippen LogP contribution is -1.98. The van der Waals surface area contributed by atoms with Crippen molar-refractivity contribution in [3.63, 3.8) is 0 Å². The van der Waals surface area contributed by atoms with Crippen LogP contribution in [0.1, 0.15) is 21.8 Å². The average molecular weight is 282 g/mol. The molecule has 1 heterocycles. The Kier molecular flexibility index (Phi) is 4.54. The monoisotopic (exact) mass is 281 g/mol. The van der Waals surface area contributed by atoms with Crippen LogP contribution in [0.15, 0.2) is 28.8 Å². The van der Waals surface area contributed by atoms with Gasteiger partial charge in [-0.25, -0.2) is 0 Å². The Balaban J connectivity index is 2.03. The zero-order valence-electron chi connectivity index (χ0n) is 10.3. The van der Waals surface area contributed by atoms with E-state index in [9.17, 15) is 4.79 Å². The number of methoxy groups -OCH3 is 1. The van der Waals surface area contributed by atoms with Gasteiger partial charge in [0, 0.05) is 18.2 Å². The van der Waals surface area contributed by atoms with Gasteiger partial charge in [0.05, 0.1) is 5.56 Å². The Labute approximate surface area is 115 Å². The first-order valence-corrected chi connectivity index (χ1v) is 5.91. The molecule has 100 valence electrons. The molecule has 0 saturated carbocycles. The number of hydrogen-bond acceptors (Lipinski definition) is 5. The standard InChI is InChI=1S/C13H12ClNO4/c1-17-8-12-5-11(15-19-12)7-18-13-3-2-10(14)4-9(13)6-16/h2-6H,7-8H2,1H3. The fourth-order valence-electron chi connectivity index (χ4n) is 1.53. The summed E-state index contributed by atoms with van der Waals surface area (Å²) in [6.07, 6.45) is 0.695. The van der Waals surface area contributed by atoms with E-state index in [0.717, 1.165) is 0 Å². The lowest BCUT2D eigenvalue weighted by Gasteiger charge is -2.06. The van der Waals surface area contributed by atoms with Crippen molar-refractivity contribution in [2.24, 2.45) is 0 Å². The molecule has 0 saturated heterocycles. The van der Waals surface area contributed by atoms with Crippen molar-refractivity contribution in [1.29, 1.82) is 0 Å². The number of aldehydes is 1. The van der Waals surface area contributed by atoms with Crippen molar-refractivity contribution >= 4 is 17.9 Å². The highest BCUT2D eigenvalue weighted by Gasteiger charge is 2.07. The molecule has 0 unspecified atom stereocenters. The first-order valence-electron chi connectivity index (χ1n) is 5.54. The van der Waals surface area contributed by atoms with Gasteiger partial charge in [-0.2, -0.15) is 0 Å². The highest BCUT2D eigenvalue weighted by Crippen LogP contribution is 2.22. The van der Waals surface area contributed by atoms with Gasteiger partial charge < -0.3 is 14.0 Å². The van der Waals surface area contributed by atoms with E-state index in [4.69, 9.17) is 25.6 Å². The summed E-state index contributed by atoms with van der Waals surface area (Å²) >= 11 is 5.80. The summed E-state index contributed by atoms with van der Waals surface area (Å²) in [6.45, 7) is 0.559. The molecule has 0 N–H and O–H groups in total. The van der Waals surface area contributed by atoms with Crippen LogP contribution in [-0.4, -0.2) is 18.6 Å². The number of carbonyl (C=O) groups is 1. The van der Waals surface area contributed by atoms with Crippen molar-refractivity contribution in [2.75, 3.05) is 7.11 Å². The van der Waals surface area contributed by atoms with E-state index in [0.29, 0.717) is 40.7 Å². The molecule has 0 fully saturated rings. The fraction of sp³-hybridized carbons (Fsp3) is 0.231. The summed E-state index contributed by atoms with van der Waals surface area (Å²) in [5.41, 5.74) is 1.02. The van der Waals surface area contributed by atoms with E-state index >= 15 is 0 Å². The van der Waals surface area contributed by atoms with Crippen LogP contribution in [-0.2, 0) is 18.0 Å². The maximum Gasteiger partial charge on any atom is 0.162 e. The SMILES string of the molecule is COCc1cc(COc2ccc(Cl)cc2C=O)no1. The van der Waals surface area contributed by atoms with Gasteiger partial charge >= 0.3 is 0 Å². The van der Waals surface area contributed by atoms with Gasteiger partial charge in [0.1, 0.15) is 24.7 Å². The van der Waals surface area contributed by atoms with E-state index in [-0.39, 0.29) is 6.61 Å². The summed E-state index contributed by atoms with van der Waals surface area (Å²) in [5, 5.41) is 4.31. The molecule has 6 heteroatoms. The van der Waals surface area contributed by atoms with Crippen LogP contribution in [0.3, 0.4) is 0 Å². The number of aromatic nitrogens is 1. The minimum absolute atomic E-state index is 0.204. The average Bonchev–Trinajstić information content (AvgIpc) is 2.85. The van der Waals surface area contributed by atoms with Gasteiger partial charge in [-0.05, 0) is 18.2 Å². The minimum Gasteiger partial charge on any atom is -0.486 e. The van der Waals surface area contributed by atoms with Crippen molar-refractivity contribution in [3.8, 4) is 5.75 Å². The van der Waals surface area contributed by atoms with Gasteiger partial charge in [0.2, 0.25) is 0 Å². The molecule has 0 spiro atoms. The lowest BCUT2D eigenvalue weighted by molar-refractivity contribution is 0.111. The highest BCUT2D eigenvalue weighted by atomic mass is 35.5. The van der Waals surface area contributed by atoms with Gasteiger partial charge in [-0.15, -0.1) is 0 Å². The van der Waals surface area contributed by atoms with Gasteiger partial charge in [-0.1, -0.05) is 16.8 Å². The first-order chi connectivity index (χ1) is 9.22. The Morgan fingerprint density at radius 3 is 2.95 bits per heavy atom. The molecule has 0 aliphatic rings. The van der Waals surface area contributed by atoms with Crippen LogP contribution in [0.2, 0.25) is 5.02 Å². The third-order valence-electron chi connectivity index (χ3n) is 2.37. The normalized spacial score (nSPS) is 10.4. The molecule has 19 heavy (non-hydrogen) atoms. The zero-order valence-corrected chi connectivity index (χ0v) is 11.0. The highest BCUT2D eigenvalue weighted by molar-refractivity contribution is 6.30. The second kappa shape index (κ2) is 6.36. The summed E-state index contributed by atoms with van der Waals surface area (Å²) < 4.78 is 15.4. The van der Waals surface area contributed by atoms with Gasteiger partial charge in [0.15, 0.2) is 12.0 Å². The third kappa shape index (κ3) is 3.56. The first kappa shape index (κ1) is 13.6. The molecule has 0 amide bonds. The lowest BCUT2D eigenvalue weighted by atomic mass is 10.2. The summed E-state index contributed by atoms with van der Waals surface area (Å²) in [6, 6.07) is 6.58. The van der Waals surface area contributed by atoms with E-state index in [1.54, 1.807) is 31.4 Å². The molecule has 0 aliphatic carbocycles. The summed E-state index contributed by atoms with van der Waals surface area (Å²) in [5.74, 6) is 1.07. The molecule has 0 bridgehead atoms. The van der Waals surface area contributed by atoms with E-state index < -0.39 is 0 Å². The second-order valence-corrected chi connectivity index (χ2v) is 4.24. The predicted octanol–water partition coefficient (Wildman–Crippen LogP) is 2.87. The van der Waals surface area contributed by atoms with Crippen LogP contribution < -0.4 is 4.74 Å². The second-order valence-electron chi connectivity index (χ2n) is 3.81. The molecule has 1 aromatic carbocycles. The van der Waals surface area contributed by atoms with Gasteiger partial charge in [-0.3, -0.25) is 4.79 Å². The Morgan fingerprint density at radius 1 is 1.37 bits per heavy atom. The molecule has 0 aliphatic heterocycles. The number of benzene rings is 1. The zero-order chi connectivity index (χ0) is 13.7. The minimum atomic E-state index is 0.204. The van der Waals surface area contributed by atoms with Crippen LogP contribution in [0.5, 0.6) is 5.75 Å². The van der Waals surface area contributed by atoms with E-state index in [1.165, 1.54) is 0 Å². The molecular formula is C13H12ClNO4. The van der Waals surface area contributed by atoms with Crippen molar-refractivity contribution < 1.29 is 18.8 Å². The van der Waals surface area contributed by atoms with Crippen molar-refractivity contribution in [2.45, 2.75) is 13.2 Å². The number of halogens is 1. The third-order valence-corrected chi connectivity index (χ3v) is 2.60. The maximum atomic E-state index is 10.9. The quantitative estimate of drug-likeness (QED) is 0.762. The van der Waals surface area contributed by atoms with Gasteiger partial charge in [0.25, 0.3) is 0 Å². The molecule has 2 aromatic rings. The molecule has 1 aromatic heterocycles. The number of ether oxygens (including phenoxy) is 2. The van der Waals surface area contributed by atoms with E-state index in [2.05, 4.69) is 5.16 Å². The Hall–Kier alpha value is -1.85. The fourth-order valence-corrected chi connectivity index (χ4v) is 1.71. The Bertz CT molecular complexity index is 568. The maximum absolute atomic E-state index is 10.9. The Morgan fingerprint density at radius 2 is 2.21 bits per heavy atom. The number of nitrogens with zero attached hydrogens (tertiary/aromatic N) is 1. The van der Waals surface area contributed by atoms with Crippen LogP contribution in [0.25, 0.3) is 0 Å². The summed E-state index contributed by atoms with van der Waals surface area (Å²) in [7, 11) is 1.57. The smallest absolute Gasteiger partial charge is 0.162 e. The van der Waals surface area contributed by atoms with E-state index in [1.807, 2.05) is 0 Å². The molecule has 5 nitrogen and oxygen atoms in total. The predicted molar refractivity (Wildman–Crippen MR) is 68.4 cm³/mol. The molecular weight excluding hydrogens is 270 g/mol. The van der Waals surface area contributed by atoms with Crippen molar-refractivity contribution in [1.82, 2.24) is 5.16 Å². The van der Waals surface area contributed by atoms with Crippen LogP contribution in [0, 0.1) is 0 Å². The number of hydrogen-bond donors (Lipinski definition) is 0. The molecule has 0 atom stereocenters. The molecule has 2 rings (SSSR count). The van der Waals surface area contributed by atoms with Crippen molar-refractivity contribution in [3.05, 3.63) is 46.3 Å². The molecule has 0 radical (unpaired) electrons. The van der Waals surface area contributed by atoms with Crippen LogP contribution in [0.4, 0.5) is 0 Å². The largest absolute Gasteiger partial charge is 0.486 e. The van der Waals surface area contributed by atoms with Crippen LogP contribution >= 0.6 is 11.6 Å². The number of rotatable bonds is 6. The summed E-state index contributed by atoms with van der Waals surface area (Å²) in [4.78, 5) is 10.9. The topological polar surface area (TPSA) is 61.6 Å². The number of carbonyl (C=O) groups excluding carboxylic acids is 1.